The predicted octanol–water partition coefficient (Wildman–Crippen LogP) is 6.11. The molecule has 4 nitrogen and oxygen atoms in total. The highest BCUT2D eigenvalue weighted by Crippen LogP contribution is 2.33. The van der Waals surface area contributed by atoms with Crippen LogP contribution in [0.2, 0.25) is 0 Å². The van der Waals surface area contributed by atoms with Crippen molar-refractivity contribution < 1.29 is 27.2 Å². The van der Waals surface area contributed by atoms with Gasteiger partial charge in [0.25, 0.3) is 0 Å². The van der Waals surface area contributed by atoms with E-state index in [1.54, 1.807) is 12.1 Å². The van der Waals surface area contributed by atoms with Crippen LogP contribution in [0.15, 0.2) is 72.2 Å². The Morgan fingerprint density at radius 1 is 0.839 bits per heavy atom. The molecular weight excluding hydrogens is 432 g/mol. The molecule has 2 aromatic carbocycles. The van der Waals surface area contributed by atoms with Crippen molar-refractivity contribution in [3.8, 4) is 33.0 Å². The second-order valence-electron chi connectivity index (χ2n) is 6.14. The van der Waals surface area contributed by atoms with Crippen molar-refractivity contribution in [1.29, 1.82) is 0 Å². The van der Waals surface area contributed by atoms with Crippen LogP contribution < -0.4 is 0 Å². The highest BCUT2D eigenvalue weighted by molar-refractivity contribution is 7.13. The molecule has 31 heavy (non-hydrogen) atoms. The van der Waals surface area contributed by atoms with Crippen LogP contribution in [0.4, 0.5) is 17.6 Å². The Kier molecular flexibility index (Phi) is 6.69. The van der Waals surface area contributed by atoms with Gasteiger partial charge in [0.15, 0.2) is 0 Å². The molecule has 0 N–H and O–H groups in total. The topological polar surface area (TPSA) is 59.9 Å². The lowest BCUT2D eigenvalue weighted by molar-refractivity contribution is -0.191. The predicted molar refractivity (Wildman–Crippen MR) is 106 cm³/mol. The van der Waals surface area contributed by atoms with E-state index in [0.29, 0.717) is 16.3 Å². The number of halogens is 4. The summed E-state index contributed by atoms with van der Waals surface area (Å²) in [4.78, 5) is 24.3. The highest BCUT2D eigenvalue weighted by atomic mass is 32.1. The van der Waals surface area contributed by atoms with Crippen molar-refractivity contribution in [1.82, 2.24) is 9.97 Å². The molecule has 0 amide bonds. The van der Waals surface area contributed by atoms with Crippen molar-refractivity contribution in [3.63, 3.8) is 0 Å². The minimum atomic E-state index is -4.46. The van der Waals surface area contributed by atoms with Gasteiger partial charge in [0, 0.05) is 22.7 Å². The third-order valence-corrected chi connectivity index (χ3v) is 5.03. The quantitative estimate of drug-likeness (QED) is 0.358. The maximum absolute atomic E-state index is 13.1. The van der Waals surface area contributed by atoms with Crippen molar-refractivity contribution >= 4 is 17.5 Å². The Morgan fingerprint density at radius 3 is 2.10 bits per heavy atom. The molecule has 2 aromatic heterocycles. The Balaban J connectivity index is 0.000000858. The van der Waals surface area contributed by atoms with E-state index in [1.165, 1.54) is 35.7 Å². The van der Waals surface area contributed by atoms with Gasteiger partial charge in [-0.2, -0.15) is 22.8 Å². The number of nitrogens with zero attached hydrogens (tertiary/aromatic N) is 2. The molecule has 0 saturated carbocycles. The number of rotatable bonds is 3. The molecule has 156 valence electrons. The number of alkyl halides is 3. The number of benzene rings is 2. The van der Waals surface area contributed by atoms with Gasteiger partial charge in [0.1, 0.15) is 16.5 Å². The molecule has 0 unspecified atom stereocenters. The highest BCUT2D eigenvalue weighted by Gasteiger charge is 2.32. The number of hydrogen-bond acceptors (Lipinski definition) is 5. The monoisotopic (exact) mass is 444 g/mol. The number of carbonyl (C=O) groups excluding carboxylic acids is 2. The van der Waals surface area contributed by atoms with Crippen molar-refractivity contribution in [3.05, 3.63) is 83.8 Å². The lowest BCUT2D eigenvalue weighted by atomic mass is 10.0. The molecule has 0 aliphatic heterocycles. The Labute approximate surface area is 177 Å². The molecule has 2 heterocycles. The van der Waals surface area contributed by atoms with Gasteiger partial charge in [-0.15, -0.1) is 11.3 Å². The van der Waals surface area contributed by atoms with E-state index in [2.05, 4.69) is 9.97 Å². The van der Waals surface area contributed by atoms with Gasteiger partial charge in [-0.1, -0.05) is 30.3 Å². The Bertz CT molecular complexity index is 1200. The summed E-state index contributed by atoms with van der Waals surface area (Å²) in [5, 5.41) is 2.43. The van der Waals surface area contributed by atoms with E-state index in [9.17, 15) is 17.6 Å². The van der Waals surface area contributed by atoms with Crippen LogP contribution in [0.25, 0.3) is 33.0 Å². The number of aromatic nitrogens is 2. The molecular formula is C22H12F4N2O2S. The molecule has 4 rings (SSSR count). The first-order valence-corrected chi connectivity index (χ1v) is 9.54. The largest absolute Gasteiger partial charge is 0.433 e. The van der Waals surface area contributed by atoms with Crippen molar-refractivity contribution in [2.24, 2.45) is 0 Å². The minimum absolute atomic E-state index is 0.250. The molecule has 0 bridgehead atoms. The van der Waals surface area contributed by atoms with Crippen LogP contribution in [0.3, 0.4) is 0 Å². The van der Waals surface area contributed by atoms with E-state index in [-0.39, 0.29) is 12.0 Å². The molecule has 0 spiro atoms. The summed E-state index contributed by atoms with van der Waals surface area (Å²) in [6.07, 6.45) is -3.03. The second kappa shape index (κ2) is 9.42. The molecule has 0 atom stereocenters. The molecule has 0 saturated heterocycles. The number of pyridine rings is 1. The van der Waals surface area contributed by atoms with Crippen LogP contribution in [-0.4, -0.2) is 16.1 Å². The van der Waals surface area contributed by atoms with E-state index in [1.807, 2.05) is 29.6 Å². The molecule has 4 aromatic rings. The normalized spacial score (nSPS) is 10.7. The van der Waals surface area contributed by atoms with Crippen molar-refractivity contribution in [2.45, 2.75) is 6.18 Å². The third kappa shape index (κ3) is 5.48. The third-order valence-electron chi connectivity index (χ3n) is 4.14. The fraction of sp³-hybridized carbons (Fsp3) is 0.0455. The zero-order valence-electron chi connectivity index (χ0n) is 15.6. The van der Waals surface area contributed by atoms with Gasteiger partial charge in [-0.3, -0.25) is 4.98 Å². The first-order chi connectivity index (χ1) is 14.8. The summed E-state index contributed by atoms with van der Waals surface area (Å²) in [5.74, 6) is -0.297. The first kappa shape index (κ1) is 22.0. The minimum Gasteiger partial charge on any atom is -0.251 e. The maximum atomic E-state index is 13.1. The van der Waals surface area contributed by atoms with E-state index in [0.717, 1.165) is 22.8 Å². The molecule has 0 aliphatic rings. The van der Waals surface area contributed by atoms with Gasteiger partial charge < -0.3 is 0 Å². The SMILES string of the molecule is Fc1ccc(-c2cccc(-c3csc(-c4ccc(C(F)(F)F)nc4)n3)c2)cc1.O=C=O. The summed E-state index contributed by atoms with van der Waals surface area (Å²) in [7, 11) is 0. The van der Waals surface area contributed by atoms with Gasteiger partial charge in [-0.05, 0) is 41.5 Å². The molecule has 0 radical (unpaired) electrons. The van der Waals surface area contributed by atoms with E-state index < -0.39 is 11.9 Å². The fourth-order valence-electron chi connectivity index (χ4n) is 2.73. The number of thiazole rings is 1. The second-order valence-corrected chi connectivity index (χ2v) is 7.00. The lowest BCUT2D eigenvalue weighted by Gasteiger charge is -2.05. The Hall–Kier alpha value is -3.68. The zero-order valence-corrected chi connectivity index (χ0v) is 16.4. The van der Waals surface area contributed by atoms with Gasteiger partial charge >= 0.3 is 12.3 Å². The first-order valence-electron chi connectivity index (χ1n) is 8.66. The summed E-state index contributed by atoms with van der Waals surface area (Å²) < 4.78 is 51.1. The molecule has 9 heteroatoms. The molecule has 0 aliphatic carbocycles. The van der Waals surface area contributed by atoms with Crippen LogP contribution >= 0.6 is 11.3 Å². The zero-order chi connectivity index (χ0) is 22.4. The van der Waals surface area contributed by atoms with Crippen LogP contribution in [-0.2, 0) is 15.8 Å². The van der Waals surface area contributed by atoms with Crippen LogP contribution in [0.1, 0.15) is 5.69 Å². The van der Waals surface area contributed by atoms with Crippen LogP contribution in [0.5, 0.6) is 0 Å². The summed E-state index contributed by atoms with van der Waals surface area (Å²) in [6.45, 7) is 0. The van der Waals surface area contributed by atoms with Crippen molar-refractivity contribution in [2.75, 3.05) is 0 Å². The fourth-order valence-corrected chi connectivity index (χ4v) is 3.55. The summed E-state index contributed by atoms with van der Waals surface area (Å²) in [5.41, 5.74) is 2.97. The van der Waals surface area contributed by atoms with Crippen LogP contribution in [0, 0.1) is 5.82 Å². The molecule has 0 fully saturated rings. The van der Waals surface area contributed by atoms with E-state index in [4.69, 9.17) is 9.59 Å². The number of hydrogen-bond donors (Lipinski definition) is 0. The van der Waals surface area contributed by atoms with Gasteiger partial charge in [0.2, 0.25) is 0 Å². The van der Waals surface area contributed by atoms with Gasteiger partial charge in [0.05, 0.1) is 5.69 Å². The Morgan fingerprint density at radius 2 is 1.48 bits per heavy atom. The summed E-state index contributed by atoms with van der Waals surface area (Å²) >= 11 is 1.33. The smallest absolute Gasteiger partial charge is 0.251 e. The lowest BCUT2D eigenvalue weighted by Crippen LogP contribution is -2.07. The maximum Gasteiger partial charge on any atom is 0.433 e. The average molecular weight is 444 g/mol. The average Bonchev–Trinajstić information content (AvgIpc) is 3.25. The standard InChI is InChI=1S/C21H12F4N2S.CO2/c22-17-7-4-13(5-8-17)14-2-1-3-15(10-14)18-12-28-20(27-18)16-6-9-19(26-11-16)21(23,24)25;2-1-3/h1-12H;. The summed E-state index contributed by atoms with van der Waals surface area (Å²) in [6, 6.07) is 16.2. The van der Waals surface area contributed by atoms with Gasteiger partial charge in [-0.25, -0.2) is 9.37 Å². The van der Waals surface area contributed by atoms with E-state index >= 15 is 0 Å².